The molecule has 1 aliphatic heterocycles. The SMILES string of the molecule is O=C(NCCC1=CCCCC1)C(=O)NC[C@@H]1OCCCN1S(=O)(=O)c1ccccc1. The van der Waals surface area contributed by atoms with Crippen LogP contribution < -0.4 is 10.6 Å². The zero-order valence-electron chi connectivity index (χ0n) is 17.0. The molecule has 2 N–H and O–H groups in total. The van der Waals surface area contributed by atoms with Crippen LogP contribution in [0.25, 0.3) is 0 Å². The van der Waals surface area contributed by atoms with E-state index in [1.54, 1.807) is 18.2 Å². The van der Waals surface area contributed by atoms with Crippen molar-refractivity contribution in [1.29, 1.82) is 0 Å². The number of rotatable bonds is 7. The highest BCUT2D eigenvalue weighted by Crippen LogP contribution is 2.22. The molecule has 164 valence electrons. The molecule has 9 heteroatoms. The lowest BCUT2D eigenvalue weighted by molar-refractivity contribution is -0.140. The monoisotopic (exact) mass is 435 g/mol. The molecule has 3 rings (SSSR count). The fraction of sp³-hybridized carbons (Fsp3) is 0.524. The molecule has 1 heterocycles. The third kappa shape index (κ3) is 5.90. The van der Waals surface area contributed by atoms with E-state index in [9.17, 15) is 18.0 Å². The number of carbonyl (C=O) groups is 2. The van der Waals surface area contributed by atoms with Gasteiger partial charge in [0.1, 0.15) is 6.23 Å². The number of ether oxygens (including phenoxy) is 1. The van der Waals surface area contributed by atoms with Gasteiger partial charge in [0.05, 0.1) is 18.0 Å². The Hall–Kier alpha value is -2.23. The minimum atomic E-state index is -3.76. The van der Waals surface area contributed by atoms with Crippen LogP contribution in [0.15, 0.2) is 46.9 Å². The lowest BCUT2D eigenvalue weighted by atomic mass is 9.97. The van der Waals surface area contributed by atoms with Crippen LogP contribution in [0.3, 0.4) is 0 Å². The van der Waals surface area contributed by atoms with E-state index in [4.69, 9.17) is 4.74 Å². The quantitative estimate of drug-likeness (QED) is 0.499. The second kappa shape index (κ2) is 10.7. The maximum Gasteiger partial charge on any atom is 0.309 e. The molecular formula is C21H29N3O5S. The molecule has 1 aliphatic carbocycles. The number of nitrogens with zero attached hydrogens (tertiary/aromatic N) is 1. The summed E-state index contributed by atoms with van der Waals surface area (Å²) in [5.41, 5.74) is 1.32. The maximum atomic E-state index is 12.9. The van der Waals surface area contributed by atoms with Crippen LogP contribution in [0.1, 0.15) is 38.5 Å². The minimum absolute atomic E-state index is 0.0938. The van der Waals surface area contributed by atoms with Gasteiger partial charge in [0.25, 0.3) is 0 Å². The van der Waals surface area contributed by atoms with Gasteiger partial charge in [-0.2, -0.15) is 4.31 Å². The van der Waals surface area contributed by atoms with Crippen molar-refractivity contribution in [1.82, 2.24) is 14.9 Å². The number of nitrogens with one attached hydrogen (secondary N) is 2. The number of carbonyl (C=O) groups excluding carboxylic acids is 2. The first-order chi connectivity index (χ1) is 14.5. The Bertz CT molecular complexity index is 870. The molecule has 1 atom stereocenters. The standard InChI is InChI=1S/C21H29N3O5S/c25-20(22-13-12-17-8-3-1-4-9-17)21(26)23-16-19-24(14-7-15-29-19)30(27,28)18-10-5-2-6-11-18/h2,5-6,8,10-11,19H,1,3-4,7,9,12-16H2,(H,22,25)(H,23,26)/t19-/m0/s1. The number of hydrogen-bond acceptors (Lipinski definition) is 5. The summed E-state index contributed by atoms with van der Waals surface area (Å²) in [7, 11) is -3.76. The van der Waals surface area contributed by atoms with Crippen molar-refractivity contribution in [3.8, 4) is 0 Å². The van der Waals surface area contributed by atoms with Crippen LogP contribution in [0, 0.1) is 0 Å². The Balaban J connectivity index is 1.50. The number of amides is 2. The second-order valence-corrected chi connectivity index (χ2v) is 9.32. The summed E-state index contributed by atoms with van der Waals surface area (Å²) in [5.74, 6) is -1.52. The highest BCUT2D eigenvalue weighted by atomic mass is 32.2. The topological polar surface area (TPSA) is 105 Å². The van der Waals surface area contributed by atoms with Crippen molar-refractivity contribution in [2.24, 2.45) is 0 Å². The van der Waals surface area contributed by atoms with E-state index < -0.39 is 28.1 Å². The zero-order valence-corrected chi connectivity index (χ0v) is 17.8. The van der Waals surface area contributed by atoms with Gasteiger partial charge in [0, 0.05) is 13.1 Å². The highest BCUT2D eigenvalue weighted by molar-refractivity contribution is 7.89. The molecular weight excluding hydrogens is 406 g/mol. The Labute approximate surface area is 177 Å². The molecule has 1 aromatic rings. The summed E-state index contributed by atoms with van der Waals surface area (Å²) >= 11 is 0. The molecule has 8 nitrogen and oxygen atoms in total. The average molecular weight is 436 g/mol. The molecule has 2 aliphatic rings. The fourth-order valence-corrected chi connectivity index (χ4v) is 5.23. The molecule has 2 amide bonds. The highest BCUT2D eigenvalue weighted by Gasteiger charge is 2.34. The molecule has 0 saturated carbocycles. The number of sulfonamides is 1. The van der Waals surface area contributed by atoms with Gasteiger partial charge in [-0.15, -0.1) is 0 Å². The van der Waals surface area contributed by atoms with Crippen molar-refractivity contribution in [3.63, 3.8) is 0 Å². The Morgan fingerprint density at radius 2 is 1.83 bits per heavy atom. The normalized spacial score (nSPS) is 20.3. The van der Waals surface area contributed by atoms with Crippen LogP contribution in [-0.2, 0) is 24.3 Å². The molecule has 0 radical (unpaired) electrons. The second-order valence-electron chi connectivity index (χ2n) is 7.43. The van der Waals surface area contributed by atoms with Gasteiger partial charge in [-0.1, -0.05) is 29.8 Å². The molecule has 1 fully saturated rings. The van der Waals surface area contributed by atoms with Crippen molar-refractivity contribution in [2.75, 3.05) is 26.2 Å². The Kier molecular flexibility index (Phi) is 8.01. The van der Waals surface area contributed by atoms with Gasteiger partial charge in [-0.3, -0.25) is 9.59 Å². The molecule has 30 heavy (non-hydrogen) atoms. The van der Waals surface area contributed by atoms with Crippen molar-refractivity contribution in [3.05, 3.63) is 42.0 Å². The summed E-state index contributed by atoms with van der Waals surface area (Å²) in [6, 6.07) is 8.10. The average Bonchev–Trinajstić information content (AvgIpc) is 2.79. The van der Waals surface area contributed by atoms with Crippen molar-refractivity contribution >= 4 is 21.8 Å². The van der Waals surface area contributed by atoms with Gasteiger partial charge in [0.15, 0.2) is 0 Å². The Morgan fingerprint density at radius 3 is 2.57 bits per heavy atom. The molecule has 1 aromatic carbocycles. The van der Waals surface area contributed by atoms with Crippen LogP contribution in [0.4, 0.5) is 0 Å². The van der Waals surface area contributed by atoms with Gasteiger partial charge >= 0.3 is 11.8 Å². The fourth-order valence-electron chi connectivity index (χ4n) is 3.64. The van der Waals surface area contributed by atoms with Gasteiger partial charge in [0.2, 0.25) is 10.0 Å². The minimum Gasteiger partial charge on any atom is -0.360 e. The molecule has 1 saturated heterocycles. The predicted molar refractivity (Wildman–Crippen MR) is 112 cm³/mol. The van der Waals surface area contributed by atoms with E-state index in [-0.39, 0.29) is 11.4 Å². The summed E-state index contributed by atoms with van der Waals surface area (Å²) in [5, 5.41) is 5.12. The lowest BCUT2D eigenvalue weighted by Crippen LogP contribution is -2.53. The van der Waals surface area contributed by atoms with Crippen LogP contribution in [0.5, 0.6) is 0 Å². The van der Waals surface area contributed by atoms with Crippen LogP contribution in [0.2, 0.25) is 0 Å². The lowest BCUT2D eigenvalue weighted by Gasteiger charge is -2.34. The summed E-state index contributed by atoms with van der Waals surface area (Å²) in [6.07, 6.45) is 7.16. The third-order valence-electron chi connectivity index (χ3n) is 5.26. The van der Waals surface area contributed by atoms with Gasteiger partial charge in [-0.25, -0.2) is 8.42 Å². The van der Waals surface area contributed by atoms with Crippen LogP contribution in [-0.4, -0.2) is 57.0 Å². The number of hydrogen-bond donors (Lipinski definition) is 2. The smallest absolute Gasteiger partial charge is 0.309 e. The molecule has 0 unspecified atom stereocenters. The molecule has 0 bridgehead atoms. The van der Waals surface area contributed by atoms with E-state index in [0.717, 1.165) is 19.3 Å². The van der Waals surface area contributed by atoms with Crippen molar-refractivity contribution in [2.45, 2.75) is 49.6 Å². The zero-order chi connectivity index (χ0) is 21.4. The first-order valence-electron chi connectivity index (χ1n) is 10.4. The van der Waals surface area contributed by atoms with E-state index in [1.807, 2.05) is 0 Å². The summed E-state index contributed by atoms with van der Waals surface area (Å²) in [4.78, 5) is 24.3. The van der Waals surface area contributed by atoms with E-state index >= 15 is 0 Å². The molecule has 0 aromatic heterocycles. The number of benzene rings is 1. The largest absolute Gasteiger partial charge is 0.360 e. The number of allylic oxidation sites excluding steroid dienone is 1. The molecule has 0 spiro atoms. The van der Waals surface area contributed by atoms with Crippen molar-refractivity contribution < 1.29 is 22.7 Å². The van der Waals surface area contributed by atoms with E-state index in [1.165, 1.54) is 34.9 Å². The summed E-state index contributed by atoms with van der Waals surface area (Å²) in [6.45, 7) is 0.998. The van der Waals surface area contributed by atoms with Gasteiger partial charge in [-0.05, 0) is 50.7 Å². The predicted octanol–water partition coefficient (Wildman–Crippen LogP) is 1.55. The van der Waals surface area contributed by atoms with E-state index in [2.05, 4.69) is 16.7 Å². The van der Waals surface area contributed by atoms with Gasteiger partial charge < -0.3 is 15.4 Å². The van der Waals surface area contributed by atoms with Crippen LogP contribution >= 0.6 is 0 Å². The maximum absolute atomic E-state index is 12.9. The first-order valence-corrected chi connectivity index (χ1v) is 11.8. The summed E-state index contributed by atoms with van der Waals surface area (Å²) < 4.78 is 32.7. The first kappa shape index (κ1) is 22.5. The third-order valence-corrected chi connectivity index (χ3v) is 7.17. The Morgan fingerprint density at radius 1 is 1.07 bits per heavy atom. The van der Waals surface area contributed by atoms with E-state index in [0.29, 0.717) is 26.1 Å².